The monoisotopic (exact) mass is 452 g/mol. The van der Waals surface area contributed by atoms with Crippen molar-refractivity contribution in [1.29, 1.82) is 0 Å². The molecule has 0 aliphatic carbocycles. The molecule has 0 aromatic heterocycles. The number of nitrogens with two attached hydrogens (primary N) is 1. The molecule has 0 fully saturated rings. The molecule has 4 aromatic rings. The molecular weight excluding hydrogens is 424 g/mol. The minimum absolute atomic E-state index is 0.203. The summed E-state index contributed by atoms with van der Waals surface area (Å²) < 4.78 is 0. The molecule has 6 nitrogen and oxygen atoms in total. The van der Waals surface area contributed by atoms with Gasteiger partial charge in [-0.2, -0.15) is 0 Å². The van der Waals surface area contributed by atoms with Crippen molar-refractivity contribution in [3.8, 4) is 0 Å². The Balaban J connectivity index is 1.67. The summed E-state index contributed by atoms with van der Waals surface area (Å²) in [6, 6.07) is 25.9. The smallest absolute Gasteiger partial charge is 0.323 e. The summed E-state index contributed by atoms with van der Waals surface area (Å²) in [5, 5.41) is 10.6. The van der Waals surface area contributed by atoms with Crippen LogP contribution in [-0.4, -0.2) is 11.9 Å². The Morgan fingerprint density at radius 3 is 2.15 bits per heavy atom. The van der Waals surface area contributed by atoms with E-state index in [0.717, 1.165) is 21.9 Å². The second kappa shape index (κ2) is 10.2. The molecule has 4 aromatic carbocycles. The summed E-state index contributed by atoms with van der Waals surface area (Å²) >= 11 is 0. The van der Waals surface area contributed by atoms with Gasteiger partial charge >= 0.3 is 6.03 Å². The first-order valence-corrected chi connectivity index (χ1v) is 11.3. The lowest BCUT2D eigenvalue weighted by Gasteiger charge is -2.19. The third-order valence-electron chi connectivity index (χ3n) is 5.67. The van der Waals surface area contributed by atoms with Gasteiger partial charge in [-0.25, -0.2) is 4.79 Å². The lowest BCUT2D eigenvalue weighted by molar-refractivity contribution is 0.102. The first-order valence-electron chi connectivity index (χ1n) is 11.3. The summed E-state index contributed by atoms with van der Waals surface area (Å²) in [5.41, 5.74) is 9.94. The first kappa shape index (κ1) is 23.0. The number of benzene rings is 4. The molecule has 0 bridgehead atoms. The van der Waals surface area contributed by atoms with E-state index in [-0.39, 0.29) is 11.8 Å². The van der Waals surface area contributed by atoms with Crippen molar-refractivity contribution in [1.82, 2.24) is 0 Å². The minimum atomic E-state index is -0.438. The summed E-state index contributed by atoms with van der Waals surface area (Å²) in [6.45, 7) is 4.43. The highest BCUT2D eigenvalue weighted by molar-refractivity contribution is 6.14. The van der Waals surface area contributed by atoms with Crippen LogP contribution >= 0.6 is 0 Å². The van der Waals surface area contributed by atoms with Crippen molar-refractivity contribution < 1.29 is 9.59 Å². The maximum absolute atomic E-state index is 13.2. The van der Waals surface area contributed by atoms with Crippen molar-refractivity contribution in [2.24, 2.45) is 5.73 Å². The molecule has 0 aliphatic rings. The molecule has 0 radical (unpaired) electrons. The molecule has 4 rings (SSSR count). The quantitative estimate of drug-likeness (QED) is 0.276. The topological polar surface area (TPSA) is 96.2 Å². The van der Waals surface area contributed by atoms with Crippen LogP contribution < -0.4 is 21.7 Å². The minimum Gasteiger partial charge on any atom is -0.326 e. The molecule has 0 aliphatic heterocycles. The van der Waals surface area contributed by atoms with Crippen LogP contribution in [0, 0.1) is 0 Å². The largest absolute Gasteiger partial charge is 0.326 e. The SMILES string of the molecule is CC(C)c1cccc(CN)c1NC(=O)Nc1cc2ccccc2cc1C(=O)Nc1ccccc1. The highest BCUT2D eigenvalue weighted by Gasteiger charge is 2.18. The Hall–Kier alpha value is -4.16. The van der Waals surface area contributed by atoms with Crippen LogP contribution in [0.2, 0.25) is 0 Å². The van der Waals surface area contributed by atoms with E-state index in [1.165, 1.54) is 0 Å². The van der Waals surface area contributed by atoms with E-state index in [1.807, 2.05) is 78.9 Å². The fraction of sp³-hybridized carbons (Fsp3) is 0.143. The average molecular weight is 453 g/mol. The van der Waals surface area contributed by atoms with Gasteiger partial charge in [-0.3, -0.25) is 4.79 Å². The molecule has 5 N–H and O–H groups in total. The zero-order valence-corrected chi connectivity index (χ0v) is 19.3. The summed E-state index contributed by atoms with van der Waals surface area (Å²) in [7, 11) is 0. The fourth-order valence-electron chi connectivity index (χ4n) is 3.94. The summed E-state index contributed by atoms with van der Waals surface area (Å²) in [5.74, 6) is -0.104. The predicted octanol–water partition coefficient (Wildman–Crippen LogP) is 6.32. The van der Waals surface area contributed by atoms with E-state index in [4.69, 9.17) is 5.73 Å². The van der Waals surface area contributed by atoms with Crippen LogP contribution in [0.5, 0.6) is 0 Å². The third-order valence-corrected chi connectivity index (χ3v) is 5.67. The zero-order valence-electron chi connectivity index (χ0n) is 19.3. The number of anilines is 3. The van der Waals surface area contributed by atoms with Gasteiger partial charge in [0.05, 0.1) is 16.9 Å². The molecular formula is C28H28N4O2. The molecule has 6 heteroatoms. The molecule has 34 heavy (non-hydrogen) atoms. The Bertz CT molecular complexity index is 1330. The molecule has 0 unspecified atom stereocenters. The average Bonchev–Trinajstić information content (AvgIpc) is 2.84. The van der Waals surface area contributed by atoms with Gasteiger partial charge in [0.25, 0.3) is 5.91 Å². The number of amides is 3. The van der Waals surface area contributed by atoms with E-state index in [2.05, 4.69) is 29.8 Å². The second-order valence-electron chi connectivity index (χ2n) is 8.38. The van der Waals surface area contributed by atoms with Crippen LogP contribution in [0.15, 0.2) is 84.9 Å². The van der Waals surface area contributed by atoms with E-state index in [9.17, 15) is 9.59 Å². The van der Waals surface area contributed by atoms with E-state index in [1.54, 1.807) is 6.07 Å². The normalized spacial score (nSPS) is 10.8. The lowest BCUT2D eigenvalue weighted by atomic mass is 9.97. The van der Waals surface area contributed by atoms with Gasteiger partial charge in [-0.1, -0.05) is 74.5 Å². The van der Waals surface area contributed by atoms with Crippen molar-refractivity contribution in [2.75, 3.05) is 16.0 Å². The number of hydrogen-bond donors (Lipinski definition) is 4. The Labute approximate surface area is 199 Å². The van der Waals surface area contributed by atoms with Gasteiger partial charge < -0.3 is 21.7 Å². The summed E-state index contributed by atoms with van der Waals surface area (Å²) in [6.07, 6.45) is 0. The Morgan fingerprint density at radius 2 is 1.47 bits per heavy atom. The number of carbonyl (C=O) groups excluding carboxylic acids is 2. The molecule has 3 amide bonds. The number of urea groups is 1. The van der Waals surface area contributed by atoms with Crippen molar-refractivity contribution in [2.45, 2.75) is 26.3 Å². The van der Waals surface area contributed by atoms with Gasteiger partial charge in [0, 0.05) is 12.2 Å². The van der Waals surface area contributed by atoms with Gasteiger partial charge in [0.15, 0.2) is 0 Å². The molecule has 0 atom stereocenters. The van der Waals surface area contributed by atoms with E-state index in [0.29, 0.717) is 29.2 Å². The molecule has 0 saturated carbocycles. The molecule has 0 saturated heterocycles. The maximum Gasteiger partial charge on any atom is 0.323 e. The number of fused-ring (bicyclic) bond motifs is 1. The Kier molecular flexibility index (Phi) is 6.90. The molecule has 0 spiro atoms. The standard InChI is InChI=1S/C28H28N4O2/c1-18(2)23-14-8-11-21(17-29)26(23)32-28(34)31-25-16-20-10-7-6-9-19(20)15-24(25)27(33)30-22-12-4-3-5-13-22/h3-16,18H,17,29H2,1-2H3,(H,30,33)(H2,31,32,34). The van der Waals surface area contributed by atoms with Crippen LogP contribution in [0.4, 0.5) is 21.9 Å². The van der Waals surface area contributed by atoms with Crippen LogP contribution in [0.1, 0.15) is 41.3 Å². The molecule has 172 valence electrons. The van der Waals surface area contributed by atoms with Crippen molar-refractivity contribution in [3.63, 3.8) is 0 Å². The molecule has 0 heterocycles. The number of rotatable bonds is 6. The Morgan fingerprint density at radius 1 is 0.794 bits per heavy atom. The van der Waals surface area contributed by atoms with Crippen molar-refractivity contribution >= 4 is 39.8 Å². The highest BCUT2D eigenvalue weighted by atomic mass is 16.2. The number of hydrogen-bond acceptors (Lipinski definition) is 3. The van der Waals surface area contributed by atoms with Crippen LogP contribution in [0.3, 0.4) is 0 Å². The number of nitrogens with one attached hydrogen (secondary N) is 3. The lowest BCUT2D eigenvalue weighted by Crippen LogP contribution is -2.24. The number of para-hydroxylation sites is 2. The van der Waals surface area contributed by atoms with Crippen LogP contribution in [0.25, 0.3) is 10.8 Å². The third kappa shape index (κ3) is 5.08. The predicted molar refractivity (Wildman–Crippen MR) is 139 cm³/mol. The van der Waals surface area contributed by atoms with Gasteiger partial charge in [-0.05, 0) is 52.1 Å². The van der Waals surface area contributed by atoms with E-state index < -0.39 is 6.03 Å². The fourth-order valence-corrected chi connectivity index (χ4v) is 3.94. The van der Waals surface area contributed by atoms with Gasteiger partial charge in [0.2, 0.25) is 0 Å². The van der Waals surface area contributed by atoms with Gasteiger partial charge in [-0.15, -0.1) is 0 Å². The van der Waals surface area contributed by atoms with Crippen molar-refractivity contribution in [3.05, 3.63) is 102 Å². The van der Waals surface area contributed by atoms with Crippen LogP contribution in [-0.2, 0) is 6.54 Å². The van der Waals surface area contributed by atoms with Gasteiger partial charge in [0.1, 0.15) is 0 Å². The summed E-state index contributed by atoms with van der Waals surface area (Å²) in [4.78, 5) is 26.3. The highest BCUT2D eigenvalue weighted by Crippen LogP contribution is 2.29. The van der Waals surface area contributed by atoms with E-state index >= 15 is 0 Å². The second-order valence-corrected chi connectivity index (χ2v) is 8.38. The zero-order chi connectivity index (χ0) is 24.1. The first-order chi connectivity index (χ1) is 16.5. The maximum atomic E-state index is 13.2. The number of carbonyl (C=O) groups is 2.